The van der Waals surface area contributed by atoms with Crippen LogP contribution in [0.1, 0.15) is 38.5 Å². The van der Waals surface area contributed by atoms with Crippen LogP contribution >= 0.6 is 0 Å². The van der Waals surface area contributed by atoms with Crippen molar-refractivity contribution in [1.29, 1.82) is 5.26 Å². The minimum absolute atomic E-state index is 0.0609. The zero-order chi connectivity index (χ0) is 13.2. The molecule has 0 heterocycles. The molecular formula is C13H23N3O2. The van der Waals surface area contributed by atoms with Crippen LogP contribution in [-0.2, 0) is 4.74 Å². The van der Waals surface area contributed by atoms with E-state index in [0.29, 0.717) is 32.2 Å². The van der Waals surface area contributed by atoms with E-state index in [2.05, 4.69) is 11.4 Å². The standard InChI is InChI=1S/C13H23N3O2/c1-18-11-9-15-13(17)16(10-5-8-14)12-6-3-2-4-7-12/h12H,2-7,9-11H2,1H3,(H,15,17). The Bertz CT molecular complexity index is 282. The van der Waals surface area contributed by atoms with Crippen molar-refractivity contribution in [2.45, 2.75) is 44.6 Å². The first kappa shape index (κ1) is 14.8. The van der Waals surface area contributed by atoms with Gasteiger partial charge in [0.2, 0.25) is 0 Å². The van der Waals surface area contributed by atoms with Crippen LogP contribution in [0.25, 0.3) is 0 Å². The van der Waals surface area contributed by atoms with Gasteiger partial charge in [-0.2, -0.15) is 5.26 Å². The first-order valence-corrected chi connectivity index (χ1v) is 6.70. The fourth-order valence-corrected chi connectivity index (χ4v) is 2.37. The van der Waals surface area contributed by atoms with Crippen molar-refractivity contribution in [3.8, 4) is 6.07 Å². The molecule has 0 spiro atoms. The highest BCUT2D eigenvalue weighted by Crippen LogP contribution is 2.22. The summed E-state index contributed by atoms with van der Waals surface area (Å²) < 4.78 is 4.91. The predicted molar refractivity (Wildman–Crippen MR) is 69.1 cm³/mol. The quantitative estimate of drug-likeness (QED) is 0.735. The molecule has 1 rings (SSSR count). The molecule has 5 heteroatoms. The molecule has 1 aliphatic carbocycles. The van der Waals surface area contributed by atoms with Crippen LogP contribution in [-0.4, -0.2) is 43.8 Å². The second-order valence-electron chi connectivity index (χ2n) is 4.62. The monoisotopic (exact) mass is 253 g/mol. The minimum Gasteiger partial charge on any atom is -0.383 e. The minimum atomic E-state index is -0.0609. The molecule has 0 aliphatic heterocycles. The molecule has 0 saturated heterocycles. The van der Waals surface area contributed by atoms with E-state index in [1.54, 1.807) is 7.11 Å². The summed E-state index contributed by atoms with van der Waals surface area (Å²) in [6.07, 6.45) is 6.13. The maximum Gasteiger partial charge on any atom is 0.317 e. The summed E-state index contributed by atoms with van der Waals surface area (Å²) in [4.78, 5) is 13.9. The molecule has 0 aromatic heterocycles. The number of nitrogens with zero attached hydrogens (tertiary/aromatic N) is 2. The third-order valence-corrected chi connectivity index (χ3v) is 3.32. The van der Waals surface area contributed by atoms with E-state index in [1.807, 2.05) is 4.90 Å². The van der Waals surface area contributed by atoms with Crippen molar-refractivity contribution < 1.29 is 9.53 Å². The number of hydrogen-bond acceptors (Lipinski definition) is 3. The molecule has 18 heavy (non-hydrogen) atoms. The molecule has 0 bridgehead atoms. The van der Waals surface area contributed by atoms with E-state index in [4.69, 9.17) is 10.00 Å². The molecule has 1 N–H and O–H groups in total. The molecule has 2 amide bonds. The van der Waals surface area contributed by atoms with E-state index >= 15 is 0 Å². The Balaban J connectivity index is 2.47. The zero-order valence-corrected chi connectivity index (χ0v) is 11.2. The van der Waals surface area contributed by atoms with Crippen LogP contribution in [0.5, 0.6) is 0 Å². The fourth-order valence-electron chi connectivity index (χ4n) is 2.37. The Morgan fingerprint density at radius 1 is 1.44 bits per heavy atom. The second kappa shape index (κ2) is 8.76. The van der Waals surface area contributed by atoms with Crippen LogP contribution in [0.3, 0.4) is 0 Å². The maximum atomic E-state index is 12.1. The lowest BCUT2D eigenvalue weighted by molar-refractivity contribution is 0.150. The number of hydrogen-bond donors (Lipinski definition) is 1. The van der Waals surface area contributed by atoms with Crippen molar-refractivity contribution in [3.05, 3.63) is 0 Å². The number of carbonyl (C=O) groups excluding carboxylic acids is 1. The average molecular weight is 253 g/mol. The van der Waals surface area contributed by atoms with Crippen LogP contribution in [0.4, 0.5) is 4.79 Å². The van der Waals surface area contributed by atoms with Gasteiger partial charge in [-0.1, -0.05) is 19.3 Å². The SMILES string of the molecule is COCCNC(=O)N(CCC#N)C1CCCCC1. The van der Waals surface area contributed by atoms with Gasteiger partial charge < -0.3 is 15.0 Å². The van der Waals surface area contributed by atoms with Crippen LogP contribution in [0, 0.1) is 11.3 Å². The number of ether oxygens (including phenoxy) is 1. The number of nitriles is 1. The second-order valence-corrected chi connectivity index (χ2v) is 4.62. The van der Waals surface area contributed by atoms with Gasteiger partial charge in [-0.05, 0) is 12.8 Å². The number of amides is 2. The summed E-state index contributed by atoms with van der Waals surface area (Å²) in [5, 5.41) is 11.5. The molecular weight excluding hydrogens is 230 g/mol. The lowest BCUT2D eigenvalue weighted by atomic mass is 9.94. The molecule has 1 fully saturated rings. The normalized spacial score (nSPS) is 16.0. The van der Waals surface area contributed by atoms with E-state index in [0.717, 1.165) is 12.8 Å². The smallest absolute Gasteiger partial charge is 0.317 e. The van der Waals surface area contributed by atoms with Crippen molar-refractivity contribution >= 4 is 6.03 Å². The average Bonchev–Trinajstić information content (AvgIpc) is 2.41. The molecule has 1 saturated carbocycles. The van der Waals surface area contributed by atoms with Gasteiger partial charge in [-0.25, -0.2) is 4.79 Å². The summed E-state index contributed by atoms with van der Waals surface area (Å²) >= 11 is 0. The van der Waals surface area contributed by atoms with E-state index in [-0.39, 0.29) is 6.03 Å². The van der Waals surface area contributed by atoms with Crippen molar-refractivity contribution in [2.24, 2.45) is 0 Å². The van der Waals surface area contributed by atoms with Crippen molar-refractivity contribution in [1.82, 2.24) is 10.2 Å². The number of methoxy groups -OCH3 is 1. The lowest BCUT2D eigenvalue weighted by Gasteiger charge is -2.34. The van der Waals surface area contributed by atoms with Gasteiger partial charge in [-0.15, -0.1) is 0 Å². The van der Waals surface area contributed by atoms with Gasteiger partial charge in [0, 0.05) is 26.2 Å². The van der Waals surface area contributed by atoms with Gasteiger partial charge in [0.25, 0.3) is 0 Å². The number of rotatable bonds is 6. The summed E-state index contributed by atoms with van der Waals surface area (Å²) in [7, 11) is 1.61. The summed E-state index contributed by atoms with van der Waals surface area (Å²) in [5.41, 5.74) is 0. The first-order chi connectivity index (χ1) is 8.79. The molecule has 5 nitrogen and oxygen atoms in total. The van der Waals surface area contributed by atoms with E-state index in [1.165, 1.54) is 19.3 Å². The maximum absolute atomic E-state index is 12.1. The van der Waals surface area contributed by atoms with Gasteiger partial charge in [-0.3, -0.25) is 0 Å². The molecule has 102 valence electrons. The molecule has 0 atom stereocenters. The summed E-state index contributed by atoms with van der Waals surface area (Å²) in [5.74, 6) is 0. The Hall–Kier alpha value is -1.28. The highest BCUT2D eigenvalue weighted by atomic mass is 16.5. The van der Waals surface area contributed by atoms with E-state index < -0.39 is 0 Å². The first-order valence-electron chi connectivity index (χ1n) is 6.70. The number of nitrogens with one attached hydrogen (secondary N) is 1. The zero-order valence-electron chi connectivity index (χ0n) is 11.2. The van der Waals surface area contributed by atoms with Crippen LogP contribution in [0.15, 0.2) is 0 Å². The third-order valence-electron chi connectivity index (χ3n) is 3.32. The van der Waals surface area contributed by atoms with Gasteiger partial charge in [0.05, 0.1) is 19.1 Å². The van der Waals surface area contributed by atoms with Crippen molar-refractivity contribution in [2.75, 3.05) is 26.8 Å². The van der Waals surface area contributed by atoms with Crippen LogP contribution in [0.2, 0.25) is 0 Å². The Labute approximate surface area is 109 Å². The molecule has 0 unspecified atom stereocenters. The lowest BCUT2D eigenvalue weighted by Crippen LogP contribution is -2.48. The number of carbonyl (C=O) groups is 1. The molecule has 0 aromatic carbocycles. The predicted octanol–water partition coefficient (Wildman–Crippen LogP) is 1.89. The summed E-state index contributed by atoms with van der Waals surface area (Å²) in [6, 6.07) is 2.35. The van der Waals surface area contributed by atoms with Gasteiger partial charge in [0.15, 0.2) is 0 Å². The van der Waals surface area contributed by atoms with Gasteiger partial charge in [0.1, 0.15) is 0 Å². The van der Waals surface area contributed by atoms with Crippen molar-refractivity contribution in [3.63, 3.8) is 0 Å². The molecule has 0 aromatic rings. The Kier molecular flexibility index (Phi) is 7.19. The van der Waals surface area contributed by atoms with E-state index in [9.17, 15) is 4.79 Å². The molecule has 0 radical (unpaired) electrons. The number of urea groups is 1. The van der Waals surface area contributed by atoms with Gasteiger partial charge >= 0.3 is 6.03 Å². The highest BCUT2D eigenvalue weighted by molar-refractivity contribution is 5.74. The Morgan fingerprint density at radius 2 is 2.17 bits per heavy atom. The highest BCUT2D eigenvalue weighted by Gasteiger charge is 2.24. The fraction of sp³-hybridized carbons (Fsp3) is 0.846. The summed E-state index contributed by atoms with van der Waals surface area (Å²) in [6.45, 7) is 1.56. The van der Waals surface area contributed by atoms with Crippen LogP contribution < -0.4 is 5.32 Å². The molecule has 1 aliphatic rings. The largest absolute Gasteiger partial charge is 0.383 e. The third kappa shape index (κ3) is 4.92. The topological polar surface area (TPSA) is 65.4 Å². The Morgan fingerprint density at radius 3 is 2.78 bits per heavy atom.